The Morgan fingerprint density at radius 2 is 1.53 bits per heavy atom. The van der Waals surface area contributed by atoms with E-state index in [0.29, 0.717) is 5.91 Å². The first kappa shape index (κ1) is 39.2. The molecular formula is C25H53NO12. The summed E-state index contributed by atoms with van der Waals surface area (Å²) in [4.78, 5) is 12.6. The average Bonchev–Trinajstić information content (AvgIpc) is 3.36. The van der Waals surface area contributed by atoms with Crippen molar-refractivity contribution >= 4 is 5.91 Å². The van der Waals surface area contributed by atoms with E-state index in [2.05, 4.69) is 0 Å². The van der Waals surface area contributed by atoms with Gasteiger partial charge in [0.1, 0.15) is 12.9 Å². The van der Waals surface area contributed by atoms with Crippen molar-refractivity contribution in [2.24, 2.45) is 5.92 Å². The quantitative estimate of drug-likeness (QED) is 0.187. The van der Waals surface area contributed by atoms with Gasteiger partial charge in [-0.05, 0) is 26.7 Å². The number of hydrogen-bond acceptors (Lipinski definition) is 12. The molecule has 1 amide bonds. The van der Waals surface area contributed by atoms with Gasteiger partial charge in [0.15, 0.2) is 12.6 Å². The van der Waals surface area contributed by atoms with E-state index in [0.717, 1.165) is 32.4 Å². The standard InChI is InChI=1S/C13H26O8.C6H11NO.C4H10O.C2H6O2/c1-9-10(18-6-4-14)11(20-8-16-2)13(17-3)21-12(9)19-7-5-15;1-2-7-5-3-4-6(7)8;1-3-4(2)5;3-1-2-4/h9-15H,4-8H2,1-3H3;2-5H2,1H3;4-5H,3H2,1-2H3;3-4H,1-2H2. The van der Waals surface area contributed by atoms with Gasteiger partial charge >= 0.3 is 0 Å². The number of likely N-dealkylation sites (tertiary alicyclic amines) is 1. The molecule has 0 saturated carbocycles. The third kappa shape index (κ3) is 17.6. The van der Waals surface area contributed by atoms with Crippen LogP contribution in [0.25, 0.3) is 0 Å². The smallest absolute Gasteiger partial charge is 0.222 e. The van der Waals surface area contributed by atoms with E-state index in [9.17, 15) is 4.79 Å². The molecule has 5 N–H and O–H groups in total. The van der Waals surface area contributed by atoms with Crippen molar-refractivity contribution in [1.29, 1.82) is 0 Å². The second kappa shape index (κ2) is 26.3. The fourth-order valence-electron chi connectivity index (χ4n) is 3.29. The lowest BCUT2D eigenvalue weighted by molar-refractivity contribution is -0.350. The molecule has 2 rings (SSSR count). The molecule has 0 aromatic rings. The summed E-state index contributed by atoms with van der Waals surface area (Å²) in [5, 5.41) is 41.4. The molecule has 2 aliphatic rings. The number of carbonyl (C=O) groups excluding carboxylic acids is 1. The van der Waals surface area contributed by atoms with Crippen molar-refractivity contribution in [1.82, 2.24) is 4.90 Å². The summed E-state index contributed by atoms with van der Waals surface area (Å²) in [5.74, 6) is 0.156. The van der Waals surface area contributed by atoms with Gasteiger partial charge in [-0.1, -0.05) is 13.8 Å². The summed E-state index contributed by atoms with van der Waals surface area (Å²) in [6.07, 6.45) is 0.396. The lowest BCUT2D eigenvalue weighted by atomic mass is 9.95. The Bertz CT molecular complexity index is 527. The predicted molar refractivity (Wildman–Crippen MR) is 139 cm³/mol. The highest BCUT2D eigenvalue weighted by atomic mass is 16.8. The molecule has 0 aromatic heterocycles. The second-order valence-corrected chi connectivity index (χ2v) is 8.44. The topological polar surface area (TPSA) is 177 Å². The Balaban J connectivity index is 0. The molecular weight excluding hydrogens is 506 g/mol. The van der Waals surface area contributed by atoms with Crippen LogP contribution in [0.3, 0.4) is 0 Å². The van der Waals surface area contributed by atoms with Crippen LogP contribution in [0.5, 0.6) is 0 Å². The highest BCUT2D eigenvalue weighted by Crippen LogP contribution is 2.31. The average molecular weight is 560 g/mol. The number of rotatable bonds is 13. The maximum Gasteiger partial charge on any atom is 0.222 e. The molecule has 0 aliphatic carbocycles. The molecule has 0 aromatic carbocycles. The fraction of sp³-hybridized carbons (Fsp3) is 0.960. The summed E-state index contributed by atoms with van der Waals surface area (Å²) in [6, 6.07) is 0. The SMILES string of the molecule is CCC(C)O.CCN1CCCC1=O.COCOC1C(OC)OC(OCCO)C(C)C1OCCO.OCCO. The fourth-order valence-corrected chi connectivity index (χ4v) is 3.29. The number of ether oxygens (including phenoxy) is 6. The van der Waals surface area contributed by atoms with Crippen LogP contribution in [0.2, 0.25) is 0 Å². The normalized spacial score (nSPS) is 25.4. The Morgan fingerprint density at radius 3 is 1.89 bits per heavy atom. The van der Waals surface area contributed by atoms with Crippen LogP contribution in [0, 0.1) is 5.92 Å². The van der Waals surface area contributed by atoms with Gasteiger partial charge in [-0.3, -0.25) is 4.79 Å². The molecule has 230 valence electrons. The van der Waals surface area contributed by atoms with Crippen LogP contribution < -0.4 is 0 Å². The van der Waals surface area contributed by atoms with Crippen LogP contribution in [-0.4, -0.2) is 141 Å². The minimum absolute atomic E-state index is 0.0712. The third-order valence-corrected chi connectivity index (χ3v) is 5.44. The second-order valence-electron chi connectivity index (χ2n) is 8.44. The molecule has 13 heteroatoms. The molecule has 6 unspecified atom stereocenters. The number of methoxy groups -OCH3 is 2. The largest absolute Gasteiger partial charge is 0.394 e. The van der Waals surface area contributed by atoms with Crippen molar-refractivity contribution in [2.45, 2.75) is 77.8 Å². The van der Waals surface area contributed by atoms with Crippen molar-refractivity contribution in [3.8, 4) is 0 Å². The molecule has 2 saturated heterocycles. The summed E-state index contributed by atoms with van der Waals surface area (Å²) in [6.45, 7) is 9.45. The maximum absolute atomic E-state index is 10.7. The summed E-state index contributed by atoms with van der Waals surface area (Å²) < 4.78 is 32.6. The van der Waals surface area contributed by atoms with Crippen molar-refractivity contribution < 1.29 is 58.7 Å². The predicted octanol–water partition coefficient (Wildman–Crippen LogP) is -0.296. The van der Waals surface area contributed by atoms with E-state index < -0.39 is 24.8 Å². The van der Waals surface area contributed by atoms with E-state index in [-0.39, 0.29) is 58.5 Å². The van der Waals surface area contributed by atoms with Gasteiger partial charge in [-0.25, -0.2) is 0 Å². The Hall–Kier alpha value is -0.970. The lowest BCUT2D eigenvalue weighted by Crippen LogP contribution is -2.57. The first-order valence-corrected chi connectivity index (χ1v) is 13.1. The van der Waals surface area contributed by atoms with Crippen molar-refractivity contribution in [3.63, 3.8) is 0 Å². The zero-order valence-corrected chi connectivity index (χ0v) is 24.0. The van der Waals surface area contributed by atoms with Gasteiger partial charge in [0, 0.05) is 39.6 Å². The number of carbonyl (C=O) groups is 1. The molecule has 0 radical (unpaired) electrons. The minimum atomic E-state index is -0.691. The molecule has 0 bridgehead atoms. The van der Waals surface area contributed by atoms with Gasteiger partial charge in [0.2, 0.25) is 5.91 Å². The van der Waals surface area contributed by atoms with Crippen LogP contribution in [0.4, 0.5) is 0 Å². The van der Waals surface area contributed by atoms with Gasteiger partial charge in [-0.15, -0.1) is 0 Å². The van der Waals surface area contributed by atoms with E-state index in [1.165, 1.54) is 14.2 Å². The van der Waals surface area contributed by atoms with Crippen LogP contribution >= 0.6 is 0 Å². The van der Waals surface area contributed by atoms with Crippen LogP contribution in [0.15, 0.2) is 0 Å². The van der Waals surface area contributed by atoms with Crippen molar-refractivity contribution in [2.75, 3.05) is 73.7 Å². The molecule has 2 aliphatic heterocycles. The zero-order valence-electron chi connectivity index (χ0n) is 24.0. The number of aliphatic hydroxyl groups excluding tert-OH is 5. The van der Waals surface area contributed by atoms with Crippen LogP contribution in [-0.2, 0) is 33.2 Å². The van der Waals surface area contributed by atoms with Crippen molar-refractivity contribution in [3.05, 3.63) is 0 Å². The van der Waals surface area contributed by atoms with Crippen LogP contribution in [0.1, 0.15) is 47.0 Å². The molecule has 38 heavy (non-hydrogen) atoms. The molecule has 6 atom stereocenters. The van der Waals surface area contributed by atoms with Gasteiger partial charge < -0.3 is 58.9 Å². The summed E-state index contributed by atoms with van der Waals surface area (Å²) in [5.41, 5.74) is 0. The van der Waals surface area contributed by atoms with E-state index in [1.807, 2.05) is 25.7 Å². The summed E-state index contributed by atoms with van der Waals surface area (Å²) >= 11 is 0. The monoisotopic (exact) mass is 559 g/mol. The minimum Gasteiger partial charge on any atom is -0.394 e. The van der Waals surface area contributed by atoms with Gasteiger partial charge in [-0.2, -0.15) is 0 Å². The first-order valence-electron chi connectivity index (χ1n) is 13.1. The molecule has 2 heterocycles. The Kier molecular flexibility index (Phi) is 27.1. The highest BCUT2D eigenvalue weighted by molar-refractivity contribution is 5.77. The number of amides is 1. The maximum atomic E-state index is 10.7. The van der Waals surface area contributed by atoms with Gasteiger partial charge in [0.25, 0.3) is 0 Å². The number of nitrogens with zero attached hydrogens (tertiary/aromatic N) is 1. The zero-order chi connectivity index (χ0) is 29.3. The van der Waals surface area contributed by atoms with E-state index >= 15 is 0 Å². The first-order chi connectivity index (χ1) is 18.2. The lowest BCUT2D eigenvalue weighted by Gasteiger charge is -2.44. The Labute approximate surface area is 227 Å². The molecule has 13 nitrogen and oxygen atoms in total. The van der Waals surface area contributed by atoms with E-state index in [1.54, 1.807) is 6.92 Å². The highest BCUT2D eigenvalue weighted by Gasteiger charge is 2.46. The summed E-state index contributed by atoms with van der Waals surface area (Å²) in [7, 11) is 3.02. The number of aliphatic hydroxyl groups is 5. The third-order valence-electron chi connectivity index (χ3n) is 5.44. The van der Waals surface area contributed by atoms with Gasteiger partial charge in [0.05, 0.1) is 51.8 Å². The number of hydrogen-bond donors (Lipinski definition) is 5. The van der Waals surface area contributed by atoms with E-state index in [4.69, 9.17) is 54.0 Å². The molecule has 2 fully saturated rings. The Morgan fingerprint density at radius 1 is 0.947 bits per heavy atom. The molecule has 0 spiro atoms.